The molecule has 0 aliphatic carbocycles. The third-order valence-electron chi connectivity index (χ3n) is 3.03. The lowest BCUT2D eigenvalue weighted by Gasteiger charge is -2.24. The molecule has 1 aromatic rings. The van der Waals surface area contributed by atoms with Crippen molar-refractivity contribution in [2.75, 3.05) is 7.05 Å². The monoisotopic (exact) mass is 267 g/mol. The van der Waals surface area contributed by atoms with Crippen molar-refractivity contribution in [3.05, 3.63) is 78.0 Å². The molecule has 0 atom stereocenters. The number of likely N-dealkylation sites (N-methyl/N-ethyl adjacent to an activating group) is 1. The lowest BCUT2D eigenvalue weighted by molar-refractivity contribution is -0.106. The van der Waals surface area contributed by atoms with Crippen LogP contribution in [0.25, 0.3) is 6.08 Å². The van der Waals surface area contributed by atoms with E-state index in [9.17, 15) is 0 Å². The van der Waals surface area contributed by atoms with Crippen LogP contribution in [0.4, 0.5) is 0 Å². The number of hydrogen-bond donors (Lipinski definition) is 0. The van der Waals surface area contributed by atoms with Crippen molar-refractivity contribution in [1.29, 1.82) is 0 Å². The zero-order chi connectivity index (χ0) is 15.0. The maximum atomic E-state index is 8.81. The van der Waals surface area contributed by atoms with Crippen LogP contribution in [0.3, 0.4) is 0 Å². The first-order chi connectivity index (χ1) is 9.67. The number of carbonyl (C=O) groups is 1. The summed E-state index contributed by atoms with van der Waals surface area (Å²) in [7, 11) is 2.08. The van der Waals surface area contributed by atoms with Gasteiger partial charge in [-0.2, -0.15) is 0 Å². The average Bonchev–Trinajstić information content (AvgIpc) is 2.43. The van der Waals surface area contributed by atoms with Gasteiger partial charge in [-0.25, -0.2) is 0 Å². The van der Waals surface area contributed by atoms with E-state index in [1.54, 1.807) is 0 Å². The van der Waals surface area contributed by atoms with Crippen LogP contribution < -0.4 is 0 Å². The number of allylic oxidation sites excluding steroid dienone is 4. The highest BCUT2D eigenvalue weighted by Crippen LogP contribution is 2.22. The SMILES string of the molecule is C=CC1=C(\C=C)N(C)Cc2ccccc2/C=C\1.CC=O. The normalized spacial score (nSPS) is 18.6. The molecule has 0 fully saturated rings. The quantitative estimate of drug-likeness (QED) is 0.755. The summed E-state index contributed by atoms with van der Waals surface area (Å²) < 4.78 is 0. The van der Waals surface area contributed by atoms with Crippen molar-refractivity contribution in [3.8, 4) is 0 Å². The molecule has 0 amide bonds. The molecule has 2 nitrogen and oxygen atoms in total. The van der Waals surface area contributed by atoms with Gasteiger partial charge in [0.2, 0.25) is 0 Å². The first kappa shape index (κ1) is 15.7. The van der Waals surface area contributed by atoms with Gasteiger partial charge in [-0.3, -0.25) is 0 Å². The van der Waals surface area contributed by atoms with Crippen LogP contribution in [0.15, 0.2) is 66.9 Å². The molecule has 2 rings (SSSR count). The van der Waals surface area contributed by atoms with Gasteiger partial charge in [-0.05, 0) is 29.7 Å². The lowest BCUT2D eigenvalue weighted by Crippen LogP contribution is -2.18. The summed E-state index contributed by atoms with van der Waals surface area (Å²) in [5.41, 5.74) is 4.82. The number of aldehydes is 1. The minimum Gasteiger partial charge on any atom is -0.370 e. The fourth-order valence-corrected chi connectivity index (χ4v) is 2.11. The molecule has 1 aliphatic heterocycles. The second kappa shape index (κ2) is 7.95. The van der Waals surface area contributed by atoms with E-state index in [1.165, 1.54) is 18.1 Å². The van der Waals surface area contributed by atoms with E-state index >= 15 is 0 Å². The standard InChI is InChI=1S/C16H17N.C2H4O/c1-4-13-10-11-14-8-6-7-9-15(14)12-17(3)16(13)5-2;1-2-3/h4-11H,1-2,12H2,3H3;2H,1H3/b11-10-,16-13-;. The molecule has 0 unspecified atom stereocenters. The first-order valence-corrected chi connectivity index (χ1v) is 6.54. The molecule has 0 aromatic heterocycles. The van der Waals surface area contributed by atoms with Crippen molar-refractivity contribution in [2.24, 2.45) is 0 Å². The zero-order valence-electron chi connectivity index (χ0n) is 12.2. The molecule has 104 valence electrons. The van der Waals surface area contributed by atoms with Crippen molar-refractivity contribution >= 4 is 12.4 Å². The molecular weight excluding hydrogens is 246 g/mol. The second-order valence-electron chi connectivity index (χ2n) is 4.37. The van der Waals surface area contributed by atoms with Crippen molar-refractivity contribution in [2.45, 2.75) is 13.5 Å². The highest BCUT2D eigenvalue weighted by atomic mass is 16.1. The second-order valence-corrected chi connectivity index (χ2v) is 4.37. The van der Waals surface area contributed by atoms with Gasteiger partial charge in [-0.15, -0.1) is 0 Å². The summed E-state index contributed by atoms with van der Waals surface area (Å²) >= 11 is 0. The van der Waals surface area contributed by atoms with Crippen LogP contribution in [0, 0.1) is 0 Å². The Kier molecular flexibility index (Phi) is 6.24. The fraction of sp³-hybridized carbons (Fsp3) is 0.167. The summed E-state index contributed by atoms with van der Waals surface area (Å²) in [6.45, 7) is 10.1. The van der Waals surface area contributed by atoms with Gasteiger partial charge < -0.3 is 9.69 Å². The number of rotatable bonds is 2. The van der Waals surface area contributed by atoms with Gasteiger partial charge in [0.05, 0.1) is 0 Å². The third kappa shape index (κ3) is 3.82. The third-order valence-corrected chi connectivity index (χ3v) is 3.03. The van der Waals surface area contributed by atoms with Crippen LogP contribution in [0.1, 0.15) is 18.1 Å². The van der Waals surface area contributed by atoms with E-state index in [2.05, 4.69) is 61.5 Å². The van der Waals surface area contributed by atoms with Gasteiger partial charge >= 0.3 is 0 Å². The molecule has 0 radical (unpaired) electrons. The fourth-order valence-electron chi connectivity index (χ4n) is 2.11. The molecule has 0 spiro atoms. The van der Waals surface area contributed by atoms with Crippen LogP contribution >= 0.6 is 0 Å². The topological polar surface area (TPSA) is 20.3 Å². The van der Waals surface area contributed by atoms with Crippen molar-refractivity contribution < 1.29 is 4.79 Å². The van der Waals surface area contributed by atoms with E-state index in [1.807, 2.05) is 12.2 Å². The minimum atomic E-state index is 0.750. The first-order valence-electron chi connectivity index (χ1n) is 6.54. The maximum Gasteiger partial charge on any atom is 0.116 e. The Morgan fingerprint density at radius 3 is 2.40 bits per heavy atom. The van der Waals surface area contributed by atoms with Gasteiger partial charge in [-0.1, -0.05) is 55.7 Å². The van der Waals surface area contributed by atoms with Crippen molar-refractivity contribution in [1.82, 2.24) is 4.90 Å². The molecular formula is C18H21NO. The van der Waals surface area contributed by atoms with Crippen LogP contribution in [-0.2, 0) is 11.3 Å². The summed E-state index contributed by atoms with van der Waals surface area (Å²) in [5, 5.41) is 0. The van der Waals surface area contributed by atoms with E-state index < -0.39 is 0 Å². The smallest absolute Gasteiger partial charge is 0.116 e. The molecule has 1 aliphatic rings. The number of fused-ring (bicyclic) bond motifs is 1. The maximum absolute atomic E-state index is 8.81. The van der Waals surface area contributed by atoms with Crippen LogP contribution in [-0.4, -0.2) is 18.2 Å². The zero-order valence-corrected chi connectivity index (χ0v) is 12.2. The number of carbonyl (C=O) groups excluding carboxylic acids is 1. The number of hydrogen-bond acceptors (Lipinski definition) is 2. The number of benzene rings is 1. The summed E-state index contributed by atoms with van der Waals surface area (Å²) in [5.74, 6) is 0. The Bertz CT molecular complexity index is 552. The highest BCUT2D eigenvalue weighted by molar-refractivity contribution is 5.60. The predicted octanol–water partition coefficient (Wildman–Crippen LogP) is 3.98. The molecule has 0 saturated heterocycles. The van der Waals surface area contributed by atoms with Crippen LogP contribution in [0.2, 0.25) is 0 Å². The molecule has 1 heterocycles. The molecule has 0 saturated carbocycles. The van der Waals surface area contributed by atoms with Crippen LogP contribution in [0.5, 0.6) is 0 Å². The van der Waals surface area contributed by atoms with Gasteiger partial charge in [0, 0.05) is 19.3 Å². The predicted molar refractivity (Wildman–Crippen MR) is 86.1 cm³/mol. The van der Waals surface area contributed by atoms with Gasteiger partial charge in [0.1, 0.15) is 6.29 Å². The summed E-state index contributed by atoms with van der Waals surface area (Å²) in [6, 6.07) is 8.44. The molecule has 2 heteroatoms. The van der Waals surface area contributed by atoms with Crippen molar-refractivity contribution in [3.63, 3.8) is 0 Å². The van der Waals surface area contributed by atoms with E-state index in [0.29, 0.717) is 0 Å². The summed E-state index contributed by atoms with van der Waals surface area (Å²) in [6.07, 6.45) is 8.74. The Morgan fingerprint density at radius 2 is 1.80 bits per heavy atom. The van der Waals surface area contributed by atoms with Gasteiger partial charge in [0.15, 0.2) is 0 Å². The highest BCUT2D eigenvalue weighted by Gasteiger charge is 2.10. The Labute approximate surface area is 121 Å². The van der Waals surface area contributed by atoms with E-state index in [4.69, 9.17) is 4.79 Å². The largest absolute Gasteiger partial charge is 0.370 e. The summed E-state index contributed by atoms with van der Waals surface area (Å²) in [4.78, 5) is 11.0. The molecule has 20 heavy (non-hydrogen) atoms. The Morgan fingerprint density at radius 1 is 1.15 bits per heavy atom. The molecule has 0 bridgehead atoms. The van der Waals surface area contributed by atoms with E-state index in [0.717, 1.165) is 24.1 Å². The molecule has 1 aromatic carbocycles. The average molecular weight is 267 g/mol. The Balaban J connectivity index is 0.000000612. The Hall–Kier alpha value is -2.35. The number of nitrogens with zero attached hydrogens (tertiary/aromatic N) is 1. The lowest BCUT2D eigenvalue weighted by atomic mass is 10.0. The minimum absolute atomic E-state index is 0.750. The van der Waals surface area contributed by atoms with E-state index in [-0.39, 0.29) is 0 Å². The van der Waals surface area contributed by atoms with Gasteiger partial charge in [0.25, 0.3) is 0 Å². The molecule has 0 N–H and O–H groups in total.